The van der Waals surface area contributed by atoms with Gasteiger partial charge in [0.15, 0.2) is 5.82 Å². The number of carboxylic acids is 1. The summed E-state index contributed by atoms with van der Waals surface area (Å²) >= 11 is 12.0. The van der Waals surface area contributed by atoms with E-state index in [0.29, 0.717) is 22.4 Å². The summed E-state index contributed by atoms with van der Waals surface area (Å²) in [6.07, 6.45) is 1.34. The van der Waals surface area contributed by atoms with Gasteiger partial charge in [0.1, 0.15) is 11.7 Å². The van der Waals surface area contributed by atoms with E-state index in [4.69, 9.17) is 28.3 Å². The summed E-state index contributed by atoms with van der Waals surface area (Å²) in [5.41, 5.74) is 1.68. The van der Waals surface area contributed by atoms with Crippen molar-refractivity contribution in [1.29, 1.82) is 0 Å². The van der Waals surface area contributed by atoms with E-state index in [2.05, 4.69) is 15.5 Å². The van der Waals surface area contributed by atoms with Gasteiger partial charge in [0.05, 0.1) is 16.6 Å². The van der Waals surface area contributed by atoms with Crippen LogP contribution >= 0.6 is 23.2 Å². The molecule has 0 saturated carbocycles. The predicted octanol–water partition coefficient (Wildman–Crippen LogP) is 3.64. The average Bonchev–Trinajstić information content (AvgIpc) is 3.25. The number of carbonyl (C=O) groups is 2. The SMILES string of the molecule is Cc1cc(NC(=O)C(C)n2nccc2C(=O)O)nn1Cc1ccc(Cl)c(Cl)c1. The number of rotatable bonds is 6. The van der Waals surface area contributed by atoms with Crippen LogP contribution in [-0.4, -0.2) is 36.5 Å². The lowest BCUT2D eigenvalue weighted by Crippen LogP contribution is -2.27. The van der Waals surface area contributed by atoms with Gasteiger partial charge in [-0.25, -0.2) is 9.48 Å². The van der Waals surface area contributed by atoms with Crippen LogP contribution in [0.3, 0.4) is 0 Å². The largest absolute Gasteiger partial charge is 0.477 e. The molecular formula is C18H17Cl2N5O3. The average molecular weight is 422 g/mol. The first kappa shape index (κ1) is 19.9. The third-order valence-electron chi connectivity index (χ3n) is 4.18. The molecule has 1 atom stereocenters. The smallest absolute Gasteiger partial charge is 0.354 e. The van der Waals surface area contributed by atoms with Crippen molar-refractivity contribution in [2.75, 3.05) is 5.32 Å². The summed E-state index contributed by atoms with van der Waals surface area (Å²) in [4.78, 5) is 23.7. The van der Waals surface area contributed by atoms with E-state index in [1.807, 2.05) is 13.0 Å². The van der Waals surface area contributed by atoms with Crippen LogP contribution in [0.4, 0.5) is 5.82 Å². The molecule has 146 valence electrons. The minimum absolute atomic E-state index is 0.0658. The third kappa shape index (κ3) is 4.18. The van der Waals surface area contributed by atoms with Crippen LogP contribution in [0, 0.1) is 6.92 Å². The Morgan fingerprint density at radius 3 is 2.64 bits per heavy atom. The number of carbonyl (C=O) groups excluding carboxylic acids is 1. The molecule has 1 unspecified atom stereocenters. The molecule has 0 saturated heterocycles. The zero-order chi connectivity index (χ0) is 20.4. The monoisotopic (exact) mass is 421 g/mol. The van der Waals surface area contributed by atoms with Crippen LogP contribution < -0.4 is 5.32 Å². The molecule has 2 aromatic heterocycles. The van der Waals surface area contributed by atoms with Gasteiger partial charge >= 0.3 is 5.97 Å². The Morgan fingerprint density at radius 1 is 1.21 bits per heavy atom. The number of aryl methyl sites for hydroxylation is 1. The van der Waals surface area contributed by atoms with E-state index in [-0.39, 0.29) is 5.69 Å². The van der Waals surface area contributed by atoms with Gasteiger partial charge in [-0.1, -0.05) is 29.3 Å². The second-order valence-electron chi connectivity index (χ2n) is 6.21. The van der Waals surface area contributed by atoms with Crippen molar-refractivity contribution < 1.29 is 14.7 Å². The molecule has 0 aliphatic carbocycles. The number of nitrogens with zero attached hydrogens (tertiary/aromatic N) is 4. The van der Waals surface area contributed by atoms with Crippen LogP contribution in [0.25, 0.3) is 0 Å². The molecule has 0 aliphatic heterocycles. The Balaban J connectivity index is 1.73. The summed E-state index contributed by atoms with van der Waals surface area (Å²) in [7, 11) is 0. The molecule has 2 heterocycles. The highest BCUT2D eigenvalue weighted by molar-refractivity contribution is 6.42. The summed E-state index contributed by atoms with van der Waals surface area (Å²) in [6, 6.07) is 7.57. The molecule has 2 N–H and O–H groups in total. The van der Waals surface area contributed by atoms with Crippen LogP contribution in [0.15, 0.2) is 36.5 Å². The maximum atomic E-state index is 12.5. The fourth-order valence-corrected chi connectivity index (χ4v) is 3.00. The second kappa shape index (κ2) is 8.04. The molecule has 8 nitrogen and oxygen atoms in total. The van der Waals surface area contributed by atoms with Gasteiger partial charge < -0.3 is 10.4 Å². The number of hydrogen-bond donors (Lipinski definition) is 2. The van der Waals surface area contributed by atoms with E-state index in [1.54, 1.807) is 29.8 Å². The van der Waals surface area contributed by atoms with Crippen molar-refractivity contribution in [3.63, 3.8) is 0 Å². The number of amides is 1. The molecule has 0 fully saturated rings. The van der Waals surface area contributed by atoms with E-state index >= 15 is 0 Å². The molecule has 0 spiro atoms. The number of carboxylic acid groups (broad SMARTS) is 1. The van der Waals surface area contributed by atoms with Crippen LogP contribution in [0.2, 0.25) is 10.0 Å². The summed E-state index contributed by atoms with van der Waals surface area (Å²) < 4.78 is 2.87. The molecule has 1 amide bonds. The highest BCUT2D eigenvalue weighted by atomic mass is 35.5. The summed E-state index contributed by atoms with van der Waals surface area (Å²) in [5, 5.41) is 21.1. The van der Waals surface area contributed by atoms with E-state index in [9.17, 15) is 9.59 Å². The minimum atomic E-state index is -1.15. The number of hydrogen-bond acceptors (Lipinski definition) is 4. The Kier molecular flexibility index (Phi) is 5.71. The zero-order valence-corrected chi connectivity index (χ0v) is 16.6. The Bertz CT molecular complexity index is 1040. The first-order valence-electron chi connectivity index (χ1n) is 8.32. The summed E-state index contributed by atoms with van der Waals surface area (Å²) in [6.45, 7) is 3.88. The maximum Gasteiger partial charge on any atom is 0.354 e. The second-order valence-corrected chi connectivity index (χ2v) is 7.02. The van der Waals surface area contributed by atoms with Gasteiger partial charge in [-0.2, -0.15) is 10.2 Å². The molecule has 28 heavy (non-hydrogen) atoms. The van der Waals surface area contributed by atoms with Crippen molar-refractivity contribution in [3.05, 3.63) is 63.5 Å². The third-order valence-corrected chi connectivity index (χ3v) is 4.92. The zero-order valence-electron chi connectivity index (χ0n) is 15.1. The van der Waals surface area contributed by atoms with Gasteiger partial charge in [0, 0.05) is 18.0 Å². The van der Waals surface area contributed by atoms with Gasteiger partial charge in [-0.05, 0) is 37.6 Å². The van der Waals surface area contributed by atoms with Crippen LogP contribution in [0.5, 0.6) is 0 Å². The maximum absolute atomic E-state index is 12.5. The lowest BCUT2D eigenvalue weighted by molar-refractivity contribution is -0.119. The molecule has 0 radical (unpaired) electrons. The highest BCUT2D eigenvalue weighted by Crippen LogP contribution is 2.23. The number of aromatic carboxylic acids is 1. The first-order chi connectivity index (χ1) is 13.3. The number of anilines is 1. The highest BCUT2D eigenvalue weighted by Gasteiger charge is 2.22. The fraction of sp³-hybridized carbons (Fsp3) is 0.222. The number of halogens is 2. The molecule has 3 rings (SSSR count). The summed E-state index contributed by atoms with van der Waals surface area (Å²) in [5.74, 6) is -1.22. The van der Waals surface area contributed by atoms with Crippen molar-refractivity contribution >= 4 is 40.9 Å². The molecule has 1 aromatic carbocycles. The first-order valence-corrected chi connectivity index (χ1v) is 9.08. The molecule has 10 heteroatoms. The minimum Gasteiger partial charge on any atom is -0.477 e. The van der Waals surface area contributed by atoms with E-state index in [1.165, 1.54) is 12.3 Å². The van der Waals surface area contributed by atoms with Crippen molar-refractivity contribution in [2.24, 2.45) is 0 Å². The Labute approximate surface area is 170 Å². The quantitative estimate of drug-likeness (QED) is 0.632. The van der Waals surface area contributed by atoms with Gasteiger partial charge in [0.25, 0.3) is 0 Å². The van der Waals surface area contributed by atoms with Crippen molar-refractivity contribution in [3.8, 4) is 0 Å². The van der Waals surface area contributed by atoms with Gasteiger partial charge in [-0.3, -0.25) is 9.48 Å². The van der Waals surface area contributed by atoms with Crippen molar-refractivity contribution in [1.82, 2.24) is 19.6 Å². The Morgan fingerprint density at radius 2 is 1.96 bits per heavy atom. The van der Waals surface area contributed by atoms with Crippen molar-refractivity contribution in [2.45, 2.75) is 26.4 Å². The number of aromatic nitrogens is 4. The number of nitrogens with one attached hydrogen (secondary N) is 1. The predicted molar refractivity (Wildman–Crippen MR) is 105 cm³/mol. The lowest BCUT2D eigenvalue weighted by atomic mass is 10.2. The van der Waals surface area contributed by atoms with Crippen LogP contribution in [0.1, 0.15) is 34.7 Å². The normalized spacial score (nSPS) is 12.0. The van der Waals surface area contributed by atoms with E-state index in [0.717, 1.165) is 15.9 Å². The molecule has 3 aromatic rings. The standard InChI is InChI=1S/C18H17Cl2N5O3/c1-10-7-16(23-24(10)9-12-3-4-13(19)14(20)8-12)22-17(26)11(2)25-15(18(27)28)5-6-21-25/h3-8,11H,9H2,1-2H3,(H,27,28)(H,22,23,26). The van der Waals surface area contributed by atoms with E-state index < -0.39 is 17.9 Å². The molecule has 0 bridgehead atoms. The molecule has 0 aliphatic rings. The fourth-order valence-electron chi connectivity index (χ4n) is 2.68. The Hall–Kier alpha value is -2.84. The van der Waals surface area contributed by atoms with Gasteiger partial charge in [-0.15, -0.1) is 0 Å². The topological polar surface area (TPSA) is 102 Å². The van der Waals surface area contributed by atoms with Gasteiger partial charge in [0.2, 0.25) is 5.91 Å². The molecular weight excluding hydrogens is 405 g/mol. The van der Waals surface area contributed by atoms with Crippen LogP contribution in [-0.2, 0) is 11.3 Å². The number of benzene rings is 1. The lowest BCUT2D eigenvalue weighted by Gasteiger charge is -2.13.